The summed E-state index contributed by atoms with van der Waals surface area (Å²) in [6, 6.07) is 10.5. The topological polar surface area (TPSA) is 75.7 Å². The molecule has 0 saturated heterocycles. The number of sulfonamides is 1. The summed E-state index contributed by atoms with van der Waals surface area (Å²) in [7, 11) is -0.621. The molecular formula is C20H22N2O4S. The SMILES string of the molecule is Cc1ccc(S(=O)(=O)N(C)C)cc1NC(=O)/C=C/c1ccc2c(c1)CCO2. The molecule has 0 radical (unpaired) electrons. The average molecular weight is 386 g/mol. The smallest absolute Gasteiger partial charge is 0.248 e. The second kappa shape index (κ2) is 7.54. The lowest BCUT2D eigenvalue weighted by molar-refractivity contribution is -0.111. The quantitative estimate of drug-likeness (QED) is 0.802. The molecule has 1 N–H and O–H groups in total. The van der Waals surface area contributed by atoms with Gasteiger partial charge < -0.3 is 10.1 Å². The highest BCUT2D eigenvalue weighted by Crippen LogP contribution is 2.26. The van der Waals surface area contributed by atoms with Gasteiger partial charge in [-0.1, -0.05) is 12.1 Å². The molecule has 0 aromatic heterocycles. The van der Waals surface area contributed by atoms with E-state index in [2.05, 4.69) is 5.32 Å². The number of anilines is 1. The van der Waals surface area contributed by atoms with Gasteiger partial charge in [0.25, 0.3) is 0 Å². The van der Waals surface area contributed by atoms with Gasteiger partial charge in [-0.2, -0.15) is 0 Å². The van der Waals surface area contributed by atoms with E-state index in [1.165, 1.54) is 32.3 Å². The number of benzene rings is 2. The van der Waals surface area contributed by atoms with Gasteiger partial charge >= 0.3 is 0 Å². The number of carbonyl (C=O) groups is 1. The van der Waals surface area contributed by atoms with Crippen molar-refractivity contribution in [2.75, 3.05) is 26.0 Å². The highest BCUT2D eigenvalue weighted by Gasteiger charge is 2.18. The van der Waals surface area contributed by atoms with E-state index >= 15 is 0 Å². The van der Waals surface area contributed by atoms with Gasteiger partial charge in [0.05, 0.1) is 11.5 Å². The van der Waals surface area contributed by atoms with Crippen molar-refractivity contribution in [2.45, 2.75) is 18.2 Å². The van der Waals surface area contributed by atoms with Gasteiger partial charge in [0.1, 0.15) is 5.75 Å². The number of fused-ring (bicyclic) bond motifs is 1. The summed E-state index contributed by atoms with van der Waals surface area (Å²) in [5, 5.41) is 2.75. The Balaban J connectivity index is 1.76. The summed E-state index contributed by atoms with van der Waals surface area (Å²) in [4.78, 5) is 12.4. The van der Waals surface area contributed by atoms with E-state index in [0.717, 1.165) is 33.2 Å². The van der Waals surface area contributed by atoms with Crippen LogP contribution in [0.5, 0.6) is 5.75 Å². The van der Waals surface area contributed by atoms with E-state index in [9.17, 15) is 13.2 Å². The fraction of sp³-hybridized carbons (Fsp3) is 0.250. The van der Waals surface area contributed by atoms with E-state index < -0.39 is 10.0 Å². The van der Waals surface area contributed by atoms with Crippen LogP contribution < -0.4 is 10.1 Å². The first-order valence-corrected chi connectivity index (χ1v) is 9.99. The lowest BCUT2D eigenvalue weighted by Crippen LogP contribution is -2.22. The molecule has 2 aromatic rings. The maximum Gasteiger partial charge on any atom is 0.248 e. The van der Waals surface area contributed by atoms with Gasteiger partial charge in [-0.15, -0.1) is 0 Å². The maximum absolute atomic E-state index is 12.3. The van der Waals surface area contributed by atoms with Gasteiger partial charge in [-0.05, 0) is 54.0 Å². The molecule has 0 aliphatic carbocycles. The number of aryl methyl sites for hydroxylation is 1. The highest BCUT2D eigenvalue weighted by molar-refractivity contribution is 7.89. The van der Waals surface area contributed by atoms with Gasteiger partial charge in [0, 0.05) is 32.3 Å². The third-order valence-corrected chi connectivity index (χ3v) is 6.20. The third kappa shape index (κ3) is 4.20. The number of amides is 1. The van der Waals surface area contributed by atoms with Gasteiger partial charge in [0.15, 0.2) is 0 Å². The number of carbonyl (C=O) groups excluding carboxylic acids is 1. The summed E-state index contributed by atoms with van der Waals surface area (Å²) >= 11 is 0. The lowest BCUT2D eigenvalue weighted by atomic mass is 10.1. The number of nitrogens with zero attached hydrogens (tertiary/aromatic N) is 1. The predicted octanol–water partition coefficient (Wildman–Crippen LogP) is 2.83. The highest BCUT2D eigenvalue weighted by atomic mass is 32.2. The first-order chi connectivity index (χ1) is 12.8. The van der Waals surface area contributed by atoms with Crippen molar-refractivity contribution < 1.29 is 17.9 Å². The number of nitrogens with one attached hydrogen (secondary N) is 1. The Morgan fingerprint density at radius 3 is 2.70 bits per heavy atom. The summed E-state index contributed by atoms with van der Waals surface area (Å²) in [6.45, 7) is 2.50. The van der Waals surface area contributed by atoms with Crippen LogP contribution in [0.15, 0.2) is 47.4 Å². The Kier molecular flexibility index (Phi) is 5.34. The molecule has 0 saturated carbocycles. The molecule has 1 aliphatic heterocycles. The Hall–Kier alpha value is -2.64. The molecule has 0 spiro atoms. The molecule has 7 heteroatoms. The Labute approximate surface area is 159 Å². The number of hydrogen-bond donors (Lipinski definition) is 1. The van der Waals surface area contributed by atoms with Crippen LogP contribution in [0.2, 0.25) is 0 Å². The Morgan fingerprint density at radius 2 is 1.96 bits per heavy atom. The summed E-state index contributed by atoms with van der Waals surface area (Å²) < 4.78 is 31.2. The normalized spacial score (nSPS) is 13.6. The minimum Gasteiger partial charge on any atom is -0.493 e. The molecule has 0 unspecified atom stereocenters. The van der Waals surface area contributed by atoms with Crippen LogP contribution in [0.25, 0.3) is 6.08 Å². The summed E-state index contributed by atoms with van der Waals surface area (Å²) in [5.74, 6) is 0.570. The standard InChI is InChI=1S/C20H22N2O4S/c1-14-4-7-17(27(24,25)22(2)3)13-18(14)21-20(23)9-6-15-5-8-19-16(12-15)10-11-26-19/h4-9,12-13H,10-11H2,1-3H3,(H,21,23)/b9-6+. The molecule has 1 heterocycles. The summed E-state index contributed by atoms with van der Waals surface area (Å²) in [5.41, 5.74) is 3.30. The van der Waals surface area contributed by atoms with Crippen LogP contribution in [0, 0.1) is 6.92 Å². The molecule has 6 nitrogen and oxygen atoms in total. The largest absolute Gasteiger partial charge is 0.493 e. The van der Waals surface area contributed by atoms with Crippen LogP contribution >= 0.6 is 0 Å². The van der Waals surface area contributed by atoms with E-state index in [4.69, 9.17) is 4.74 Å². The minimum atomic E-state index is -3.56. The lowest BCUT2D eigenvalue weighted by Gasteiger charge is -2.14. The molecule has 0 atom stereocenters. The van der Waals surface area contributed by atoms with E-state index in [0.29, 0.717) is 12.3 Å². The third-order valence-electron chi connectivity index (χ3n) is 4.39. The first-order valence-electron chi connectivity index (χ1n) is 8.55. The van der Waals surface area contributed by atoms with E-state index in [-0.39, 0.29) is 10.8 Å². The zero-order valence-electron chi connectivity index (χ0n) is 15.5. The van der Waals surface area contributed by atoms with Crippen molar-refractivity contribution in [1.29, 1.82) is 0 Å². The average Bonchev–Trinajstić information content (AvgIpc) is 3.09. The van der Waals surface area contributed by atoms with Crippen molar-refractivity contribution in [1.82, 2.24) is 4.31 Å². The van der Waals surface area contributed by atoms with Crippen LogP contribution in [0.1, 0.15) is 16.7 Å². The number of ether oxygens (including phenoxy) is 1. The van der Waals surface area contributed by atoms with Crippen molar-refractivity contribution in [3.63, 3.8) is 0 Å². The molecule has 0 fully saturated rings. The maximum atomic E-state index is 12.3. The fourth-order valence-electron chi connectivity index (χ4n) is 2.76. The molecular weight excluding hydrogens is 364 g/mol. The van der Waals surface area contributed by atoms with Gasteiger partial charge in [-0.3, -0.25) is 4.79 Å². The molecule has 1 amide bonds. The van der Waals surface area contributed by atoms with Crippen LogP contribution in [-0.4, -0.2) is 39.3 Å². The Bertz CT molecular complexity index is 1010. The van der Waals surface area contributed by atoms with Crippen LogP contribution in [0.3, 0.4) is 0 Å². The predicted molar refractivity (Wildman–Crippen MR) is 105 cm³/mol. The monoisotopic (exact) mass is 386 g/mol. The first kappa shape index (κ1) is 19.1. The molecule has 3 rings (SSSR count). The van der Waals surface area contributed by atoms with Crippen LogP contribution in [-0.2, 0) is 21.2 Å². The second-order valence-corrected chi connectivity index (χ2v) is 8.70. The second-order valence-electron chi connectivity index (χ2n) is 6.55. The van der Waals surface area contributed by atoms with Gasteiger partial charge in [0.2, 0.25) is 15.9 Å². The zero-order chi connectivity index (χ0) is 19.6. The molecule has 2 aromatic carbocycles. The van der Waals surface area contributed by atoms with Crippen molar-refractivity contribution >= 4 is 27.7 Å². The fourth-order valence-corrected chi connectivity index (χ4v) is 3.69. The number of rotatable bonds is 5. The molecule has 142 valence electrons. The van der Waals surface area contributed by atoms with E-state index in [1.54, 1.807) is 12.1 Å². The minimum absolute atomic E-state index is 0.135. The summed E-state index contributed by atoms with van der Waals surface area (Å²) in [6.07, 6.45) is 4.03. The molecule has 27 heavy (non-hydrogen) atoms. The zero-order valence-corrected chi connectivity index (χ0v) is 16.3. The van der Waals surface area contributed by atoms with Crippen molar-refractivity contribution in [3.05, 3.63) is 59.2 Å². The van der Waals surface area contributed by atoms with Crippen LogP contribution in [0.4, 0.5) is 5.69 Å². The van der Waals surface area contributed by atoms with E-state index in [1.807, 2.05) is 25.1 Å². The molecule has 0 bridgehead atoms. The number of hydrogen-bond acceptors (Lipinski definition) is 4. The van der Waals surface area contributed by atoms with Crippen molar-refractivity contribution in [2.24, 2.45) is 0 Å². The molecule has 1 aliphatic rings. The Morgan fingerprint density at radius 1 is 1.19 bits per heavy atom. The van der Waals surface area contributed by atoms with Gasteiger partial charge in [-0.25, -0.2) is 12.7 Å². The van der Waals surface area contributed by atoms with Crippen molar-refractivity contribution in [3.8, 4) is 5.75 Å².